The quantitative estimate of drug-likeness (QED) is 0.184. The molecule has 0 N–H and O–H groups in total. The summed E-state index contributed by atoms with van der Waals surface area (Å²) >= 11 is 0. The van der Waals surface area contributed by atoms with Crippen LogP contribution in [-0.2, 0) is 0 Å². The molecule has 4 aromatic rings. The maximum absolute atomic E-state index is 2.44. The van der Waals surface area contributed by atoms with Gasteiger partial charge in [-0.2, -0.15) is 0 Å². The second-order valence-electron chi connectivity index (χ2n) is 10.6. The van der Waals surface area contributed by atoms with E-state index in [1.165, 1.54) is 44.8 Å². The SMILES string of the molecule is CCN(CC)c1ccc(C(CC(c2ccccc2)c2ccccc2)c2ccc(N(CC)CC)cc2C)c(C)c1. The molecular formula is C37H46N2. The maximum atomic E-state index is 2.44. The molecule has 2 nitrogen and oxygen atoms in total. The van der Waals surface area contributed by atoms with E-state index in [4.69, 9.17) is 0 Å². The van der Waals surface area contributed by atoms with Crippen molar-refractivity contribution < 1.29 is 0 Å². The van der Waals surface area contributed by atoms with Crippen molar-refractivity contribution in [3.63, 3.8) is 0 Å². The highest BCUT2D eigenvalue weighted by atomic mass is 15.1. The summed E-state index contributed by atoms with van der Waals surface area (Å²) in [4.78, 5) is 4.87. The van der Waals surface area contributed by atoms with Crippen molar-refractivity contribution >= 4 is 11.4 Å². The van der Waals surface area contributed by atoms with Crippen molar-refractivity contribution in [1.82, 2.24) is 0 Å². The first-order valence-electron chi connectivity index (χ1n) is 14.8. The van der Waals surface area contributed by atoms with Crippen molar-refractivity contribution in [3.8, 4) is 0 Å². The fourth-order valence-corrected chi connectivity index (χ4v) is 6.17. The number of nitrogens with zero attached hydrogens (tertiary/aromatic N) is 2. The third-order valence-corrected chi connectivity index (χ3v) is 8.39. The standard InChI is InChI=1S/C37H46N2/c1-7-38(8-2)32-21-23-34(28(5)25-32)37(35-24-22-33(26-29(35)6)39(9-3)10-4)27-36(30-17-13-11-14-18-30)31-19-15-12-16-20-31/h11-26,36-37H,7-10,27H2,1-6H3. The summed E-state index contributed by atoms with van der Waals surface area (Å²) in [5, 5.41) is 0. The summed E-state index contributed by atoms with van der Waals surface area (Å²) in [6.07, 6.45) is 1.02. The van der Waals surface area contributed by atoms with Gasteiger partial charge in [0.05, 0.1) is 0 Å². The van der Waals surface area contributed by atoms with Gasteiger partial charge in [0.1, 0.15) is 0 Å². The molecule has 204 valence electrons. The first-order valence-corrected chi connectivity index (χ1v) is 14.8. The normalized spacial score (nSPS) is 11.3. The van der Waals surface area contributed by atoms with Crippen LogP contribution in [0.4, 0.5) is 11.4 Å². The minimum Gasteiger partial charge on any atom is -0.372 e. The van der Waals surface area contributed by atoms with Gasteiger partial charge in [0.2, 0.25) is 0 Å². The van der Waals surface area contributed by atoms with Crippen molar-refractivity contribution in [3.05, 3.63) is 130 Å². The van der Waals surface area contributed by atoms with Crippen molar-refractivity contribution in [2.24, 2.45) is 0 Å². The van der Waals surface area contributed by atoms with Gasteiger partial charge in [-0.3, -0.25) is 0 Å². The first-order chi connectivity index (χ1) is 19.0. The van der Waals surface area contributed by atoms with E-state index in [1.807, 2.05) is 0 Å². The van der Waals surface area contributed by atoms with Crippen LogP contribution >= 0.6 is 0 Å². The Bertz CT molecular complexity index is 1200. The van der Waals surface area contributed by atoms with Crippen LogP contribution in [0.2, 0.25) is 0 Å². The van der Waals surface area contributed by atoms with E-state index >= 15 is 0 Å². The molecule has 0 saturated heterocycles. The summed E-state index contributed by atoms with van der Waals surface area (Å²) in [6, 6.07) is 36.4. The number of anilines is 2. The smallest absolute Gasteiger partial charge is 0.0368 e. The third kappa shape index (κ3) is 6.56. The summed E-state index contributed by atoms with van der Waals surface area (Å²) < 4.78 is 0. The summed E-state index contributed by atoms with van der Waals surface area (Å²) in [6.45, 7) is 17.6. The lowest BCUT2D eigenvalue weighted by Gasteiger charge is -2.30. The Balaban J connectivity index is 1.84. The van der Waals surface area contributed by atoms with E-state index in [1.54, 1.807) is 0 Å². The lowest BCUT2D eigenvalue weighted by atomic mass is 9.76. The molecule has 4 rings (SSSR count). The lowest BCUT2D eigenvalue weighted by molar-refractivity contribution is 0.638. The molecule has 39 heavy (non-hydrogen) atoms. The monoisotopic (exact) mass is 518 g/mol. The molecular weight excluding hydrogens is 472 g/mol. The first kappa shape index (κ1) is 28.5. The largest absolute Gasteiger partial charge is 0.372 e. The second kappa shape index (κ2) is 13.5. The van der Waals surface area contributed by atoms with Crippen LogP contribution in [0.15, 0.2) is 97.1 Å². The van der Waals surface area contributed by atoms with Crippen LogP contribution in [0.5, 0.6) is 0 Å². The minimum absolute atomic E-state index is 0.284. The van der Waals surface area contributed by atoms with Crippen LogP contribution in [-0.4, -0.2) is 26.2 Å². The molecule has 0 aliphatic carbocycles. The molecule has 4 aromatic carbocycles. The van der Waals surface area contributed by atoms with Gasteiger partial charge >= 0.3 is 0 Å². The van der Waals surface area contributed by atoms with Gasteiger partial charge in [0, 0.05) is 49.4 Å². The Hall–Kier alpha value is -3.52. The molecule has 2 heteroatoms. The van der Waals surface area contributed by atoms with Gasteiger partial charge in [-0.15, -0.1) is 0 Å². The van der Waals surface area contributed by atoms with E-state index in [0.717, 1.165) is 32.6 Å². The predicted octanol–water partition coefficient (Wildman–Crippen LogP) is 9.35. The van der Waals surface area contributed by atoms with Gasteiger partial charge in [0.15, 0.2) is 0 Å². The Morgan fingerprint density at radius 1 is 0.487 bits per heavy atom. The summed E-state index contributed by atoms with van der Waals surface area (Å²) in [5.41, 5.74) is 11.0. The Kier molecular flexibility index (Phi) is 9.87. The van der Waals surface area contributed by atoms with Gasteiger partial charge in [0.25, 0.3) is 0 Å². The van der Waals surface area contributed by atoms with Crippen molar-refractivity contribution in [2.45, 2.75) is 59.8 Å². The number of benzene rings is 4. The number of rotatable bonds is 12. The van der Waals surface area contributed by atoms with Crippen molar-refractivity contribution in [1.29, 1.82) is 0 Å². The molecule has 0 aliphatic heterocycles. The van der Waals surface area contributed by atoms with Crippen LogP contribution in [0.25, 0.3) is 0 Å². The van der Waals surface area contributed by atoms with Crippen molar-refractivity contribution in [2.75, 3.05) is 36.0 Å². The van der Waals surface area contributed by atoms with Crippen LogP contribution in [0, 0.1) is 13.8 Å². The average molecular weight is 519 g/mol. The Morgan fingerprint density at radius 2 is 0.872 bits per heavy atom. The van der Waals surface area contributed by atoms with Gasteiger partial charge < -0.3 is 9.80 Å². The zero-order chi connectivity index (χ0) is 27.8. The Morgan fingerprint density at radius 3 is 1.21 bits per heavy atom. The number of aryl methyl sites for hydroxylation is 2. The summed E-state index contributed by atoms with van der Waals surface area (Å²) in [7, 11) is 0. The fourth-order valence-electron chi connectivity index (χ4n) is 6.17. The highest BCUT2D eigenvalue weighted by Crippen LogP contribution is 2.42. The second-order valence-corrected chi connectivity index (χ2v) is 10.6. The highest BCUT2D eigenvalue weighted by Gasteiger charge is 2.26. The molecule has 0 saturated carbocycles. The molecule has 0 amide bonds. The average Bonchev–Trinajstić information content (AvgIpc) is 2.97. The third-order valence-electron chi connectivity index (χ3n) is 8.39. The topological polar surface area (TPSA) is 6.48 Å². The van der Waals surface area contributed by atoms with E-state index in [-0.39, 0.29) is 5.92 Å². The molecule has 0 heterocycles. The molecule has 0 aliphatic rings. The van der Waals surface area contributed by atoms with E-state index in [2.05, 4.69) is 148 Å². The Labute approximate surface area is 237 Å². The molecule has 0 bridgehead atoms. The number of hydrogen-bond donors (Lipinski definition) is 0. The molecule has 0 unspecified atom stereocenters. The van der Waals surface area contributed by atoms with Crippen LogP contribution in [0.3, 0.4) is 0 Å². The van der Waals surface area contributed by atoms with E-state index in [9.17, 15) is 0 Å². The molecule has 0 radical (unpaired) electrons. The molecule has 0 aromatic heterocycles. The maximum Gasteiger partial charge on any atom is 0.0368 e. The van der Waals surface area contributed by atoms with E-state index in [0.29, 0.717) is 5.92 Å². The molecule has 0 fully saturated rings. The van der Waals surface area contributed by atoms with Crippen LogP contribution < -0.4 is 9.80 Å². The highest BCUT2D eigenvalue weighted by molar-refractivity contribution is 5.56. The van der Waals surface area contributed by atoms with Crippen LogP contribution in [0.1, 0.15) is 79.3 Å². The zero-order valence-electron chi connectivity index (χ0n) is 24.8. The zero-order valence-corrected chi connectivity index (χ0v) is 24.8. The fraction of sp³-hybridized carbons (Fsp3) is 0.351. The van der Waals surface area contributed by atoms with Gasteiger partial charge in [-0.1, -0.05) is 72.8 Å². The molecule has 0 spiro atoms. The predicted molar refractivity (Wildman–Crippen MR) is 171 cm³/mol. The van der Waals surface area contributed by atoms with E-state index < -0.39 is 0 Å². The lowest BCUT2D eigenvalue weighted by Crippen LogP contribution is -2.22. The van der Waals surface area contributed by atoms with Gasteiger partial charge in [-0.25, -0.2) is 0 Å². The molecule has 0 atom stereocenters. The number of hydrogen-bond acceptors (Lipinski definition) is 2. The minimum atomic E-state index is 0.284. The summed E-state index contributed by atoms with van der Waals surface area (Å²) in [5.74, 6) is 0.591. The van der Waals surface area contributed by atoms with Gasteiger partial charge in [-0.05, 0) is 106 Å².